The van der Waals surface area contributed by atoms with Gasteiger partial charge in [0.05, 0.1) is 41.5 Å². The van der Waals surface area contributed by atoms with Gasteiger partial charge in [-0.25, -0.2) is 4.98 Å². The number of fused-ring (bicyclic) bond motifs is 2. The van der Waals surface area contributed by atoms with Gasteiger partial charge in [-0.15, -0.1) is 0 Å². The van der Waals surface area contributed by atoms with E-state index >= 15 is 0 Å². The van der Waals surface area contributed by atoms with Gasteiger partial charge in [0.2, 0.25) is 5.91 Å². The fourth-order valence-electron chi connectivity index (χ4n) is 3.56. The van der Waals surface area contributed by atoms with E-state index in [0.29, 0.717) is 22.4 Å². The number of nitrogens with zero attached hydrogens (tertiary/aromatic N) is 3. The lowest BCUT2D eigenvalue weighted by molar-refractivity contribution is -0.144. The second-order valence-corrected chi connectivity index (χ2v) is 7.44. The van der Waals surface area contributed by atoms with Gasteiger partial charge in [-0.1, -0.05) is 6.07 Å². The maximum absolute atomic E-state index is 12.5. The van der Waals surface area contributed by atoms with E-state index in [4.69, 9.17) is 0 Å². The minimum atomic E-state index is -4.35. The lowest BCUT2D eigenvalue weighted by Gasteiger charge is -2.07. The number of aryl methyl sites for hydroxylation is 1. The summed E-state index contributed by atoms with van der Waals surface area (Å²) in [6, 6.07) is 5.26. The van der Waals surface area contributed by atoms with Crippen LogP contribution in [0.3, 0.4) is 0 Å². The van der Waals surface area contributed by atoms with Crippen LogP contribution < -0.4 is 10.6 Å². The van der Waals surface area contributed by atoms with Crippen molar-refractivity contribution in [3.63, 3.8) is 0 Å². The Morgan fingerprint density at radius 1 is 1.19 bits per heavy atom. The Morgan fingerprint density at radius 2 is 2.03 bits per heavy atom. The quantitative estimate of drug-likeness (QED) is 0.532. The van der Waals surface area contributed by atoms with Crippen molar-refractivity contribution in [2.24, 2.45) is 0 Å². The molecule has 0 bridgehead atoms. The summed E-state index contributed by atoms with van der Waals surface area (Å²) in [5.41, 5.74) is 3.64. The summed E-state index contributed by atoms with van der Waals surface area (Å²) >= 11 is 0. The third kappa shape index (κ3) is 5.04. The summed E-state index contributed by atoms with van der Waals surface area (Å²) in [7, 11) is 0. The summed E-state index contributed by atoms with van der Waals surface area (Å²) in [6.45, 7) is 1.16. The number of hydrogen-bond donors (Lipinski definition) is 3. The van der Waals surface area contributed by atoms with Gasteiger partial charge in [-0.2, -0.15) is 18.3 Å². The molecule has 8 nitrogen and oxygen atoms in total. The van der Waals surface area contributed by atoms with Crippen molar-refractivity contribution in [1.29, 1.82) is 0 Å². The second-order valence-electron chi connectivity index (χ2n) is 7.44. The smallest absolute Gasteiger partial charge is 0.352 e. The normalized spacial score (nSPS) is 13.4. The number of H-pyrrole nitrogens is 1. The Morgan fingerprint density at radius 3 is 2.84 bits per heavy atom. The monoisotopic (exact) mass is 434 g/mol. The number of carbonyl (C=O) groups is 2. The molecule has 4 rings (SSSR count). The van der Waals surface area contributed by atoms with Gasteiger partial charge >= 0.3 is 6.18 Å². The van der Waals surface area contributed by atoms with Gasteiger partial charge in [0.15, 0.2) is 0 Å². The number of alkyl halides is 3. The molecule has 1 aliphatic rings. The topological polar surface area (TPSA) is 105 Å². The zero-order valence-electron chi connectivity index (χ0n) is 16.6. The van der Waals surface area contributed by atoms with Crippen LogP contribution in [0.5, 0.6) is 0 Å². The molecule has 2 amide bonds. The van der Waals surface area contributed by atoms with Crippen LogP contribution in [0.1, 0.15) is 46.7 Å². The summed E-state index contributed by atoms with van der Waals surface area (Å²) in [4.78, 5) is 31.6. The van der Waals surface area contributed by atoms with Gasteiger partial charge < -0.3 is 15.6 Å². The largest absolute Gasteiger partial charge is 0.389 e. The molecule has 3 N–H and O–H groups in total. The van der Waals surface area contributed by atoms with Gasteiger partial charge in [-0.3, -0.25) is 14.3 Å². The van der Waals surface area contributed by atoms with E-state index in [0.717, 1.165) is 30.6 Å². The van der Waals surface area contributed by atoms with Crippen molar-refractivity contribution in [2.75, 3.05) is 0 Å². The first-order valence-electron chi connectivity index (χ1n) is 9.92. The zero-order chi connectivity index (χ0) is 22.0. The van der Waals surface area contributed by atoms with E-state index in [1.165, 1.54) is 0 Å². The number of nitrogens with one attached hydrogen (secondary N) is 3. The molecule has 0 radical (unpaired) electrons. The van der Waals surface area contributed by atoms with Crippen molar-refractivity contribution in [1.82, 2.24) is 30.4 Å². The first kappa shape index (κ1) is 20.9. The molecule has 164 valence electrons. The van der Waals surface area contributed by atoms with E-state index in [9.17, 15) is 22.8 Å². The molecule has 0 fully saturated rings. The van der Waals surface area contributed by atoms with Crippen molar-refractivity contribution in [3.05, 3.63) is 47.0 Å². The lowest BCUT2D eigenvalue weighted by Crippen LogP contribution is -2.24. The summed E-state index contributed by atoms with van der Waals surface area (Å²) < 4.78 is 38.4. The molecule has 2 aromatic heterocycles. The number of aromatic amines is 1. The van der Waals surface area contributed by atoms with E-state index in [2.05, 4.69) is 25.7 Å². The molecule has 0 saturated carbocycles. The van der Waals surface area contributed by atoms with Crippen LogP contribution in [0.4, 0.5) is 13.2 Å². The second kappa shape index (κ2) is 8.40. The molecule has 11 heteroatoms. The Labute approximate surface area is 175 Å². The number of hydrogen-bond acceptors (Lipinski definition) is 4. The predicted molar refractivity (Wildman–Crippen MR) is 105 cm³/mol. The average molecular weight is 434 g/mol. The van der Waals surface area contributed by atoms with Crippen LogP contribution in [-0.4, -0.2) is 37.7 Å². The van der Waals surface area contributed by atoms with E-state index < -0.39 is 24.9 Å². The van der Waals surface area contributed by atoms with Crippen molar-refractivity contribution in [3.8, 4) is 0 Å². The molecule has 3 heterocycles. The third-order valence-corrected chi connectivity index (χ3v) is 5.11. The number of aromatic nitrogens is 4. The molecular weight excluding hydrogens is 413 g/mol. The Hall–Kier alpha value is -3.37. The van der Waals surface area contributed by atoms with Crippen molar-refractivity contribution < 1.29 is 22.8 Å². The molecule has 0 atom stereocenters. The molecule has 0 saturated heterocycles. The van der Waals surface area contributed by atoms with Crippen molar-refractivity contribution in [2.45, 2.75) is 51.5 Å². The molecule has 0 spiro atoms. The minimum Gasteiger partial charge on any atom is -0.352 e. The summed E-state index contributed by atoms with van der Waals surface area (Å²) in [5, 5.41) is 9.54. The first-order chi connectivity index (χ1) is 14.8. The highest BCUT2D eigenvalue weighted by Gasteiger charge is 2.27. The molecule has 0 aliphatic carbocycles. The Balaban J connectivity index is 1.33. The number of rotatable bonds is 7. The first-order valence-corrected chi connectivity index (χ1v) is 9.92. The molecule has 0 unspecified atom stereocenters. The standard InChI is InChI=1S/C20H21F3N6O2/c21-20(22,23)6-5-18(30)24-9-12-3-4-14-15(8-12)28-17(27-14)11-25-19(31)13-10-26-29-7-1-2-16(13)29/h3-4,8,10H,1-2,5-7,9,11H2,(H,24,30)(H,25,31)(H,27,28). The Bertz CT molecular complexity index is 1120. The molecule has 31 heavy (non-hydrogen) atoms. The highest BCUT2D eigenvalue weighted by molar-refractivity contribution is 5.95. The van der Waals surface area contributed by atoms with E-state index in [1.807, 2.05) is 4.68 Å². The van der Waals surface area contributed by atoms with E-state index in [-0.39, 0.29) is 19.0 Å². The fourth-order valence-corrected chi connectivity index (χ4v) is 3.56. The van der Waals surface area contributed by atoms with Crippen LogP contribution in [0.25, 0.3) is 11.0 Å². The predicted octanol–water partition coefficient (Wildman–Crippen LogP) is 2.59. The number of benzene rings is 1. The molecule has 3 aromatic rings. The maximum Gasteiger partial charge on any atom is 0.389 e. The summed E-state index contributed by atoms with van der Waals surface area (Å²) in [5.74, 6) is -0.290. The van der Waals surface area contributed by atoms with Gasteiger partial charge in [0.1, 0.15) is 5.82 Å². The van der Waals surface area contributed by atoms with Crippen LogP contribution >= 0.6 is 0 Å². The number of imidazole rings is 1. The Kier molecular flexibility index (Phi) is 5.66. The number of amides is 2. The fraction of sp³-hybridized carbons (Fsp3) is 0.400. The van der Waals surface area contributed by atoms with Crippen LogP contribution in [0.15, 0.2) is 24.4 Å². The van der Waals surface area contributed by atoms with Crippen molar-refractivity contribution >= 4 is 22.8 Å². The molecule has 1 aromatic carbocycles. The average Bonchev–Trinajstić information content (AvgIpc) is 3.42. The van der Waals surface area contributed by atoms with Crippen LogP contribution in [0, 0.1) is 0 Å². The van der Waals surface area contributed by atoms with Crippen LogP contribution in [0.2, 0.25) is 0 Å². The number of carbonyl (C=O) groups excluding carboxylic acids is 2. The van der Waals surface area contributed by atoms with Gasteiger partial charge in [-0.05, 0) is 30.5 Å². The molecular formula is C20H21F3N6O2. The zero-order valence-corrected chi connectivity index (χ0v) is 16.6. The van der Waals surface area contributed by atoms with Gasteiger partial charge in [0.25, 0.3) is 5.91 Å². The third-order valence-electron chi connectivity index (χ3n) is 5.11. The maximum atomic E-state index is 12.5. The molecule has 1 aliphatic heterocycles. The summed E-state index contributed by atoms with van der Waals surface area (Å²) in [6.07, 6.45) is -2.69. The SMILES string of the molecule is O=C(CCC(F)(F)F)NCc1ccc2nc(CNC(=O)c3cnn4c3CCC4)[nH]c2c1. The van der Waals surface area contributed by atoms with Crippen LogP contribution in [-0.2, 0) is 30.8 Å². The highest BCUT2D eigenvalue weighted by Crippen LogP contribution is 2.21. The highest BCUT2D eigenvalue weighted by atomic mass is 19.4. The van der Waals surface area contributed by atoms with Gasteiger partial charge in [0, 0.05) is 19.5 Å². The minimum absolute atomic E-state index is 0.116. The lowest BCUT2D eigenvalue weighted by atomic mass is 10.2. The van der Waals surface area contributed by atoms with E-state index in [1.54, 1.807) is 24.4 Å². The number of halogens is 3.